The molecule has 0 bridgehead atoms. The molecule has 1 atom stereocenters. The number of aliphatic hydroxyl groups is 1. The lowest BCUT2D eigenvalue weighted by molar-refractivity contribution is 0.0554. The predicted molar refractivity (Wildman–Crippen MR) is 77.0 cm³/mol. The van der Waals surface area contributed by atoms with E-state index in [2.05, 4.69) is 4.72 Å². The third-order valence-corrected chi connectivity index (χ3v) is 4.14. The lowest BCUT2D eigenvalue weighted by atomic mass is 10.0. The summed E-state index contributed by atoms with van der Waals surface area (Å²) in [5, 5.41) is 9.95. The van der Waals surface area contributed by atoms with Crippen LogP contribution in [0.15, 0.2) is 24.3 Å². The average molecular weight is 286 g/mol. The second kappa shape index (κ2) is 6.36. The minimum atomic E-state index is -3.50. The number of nitrogen functional groups attached to an aromatic ring is 1. The van der Waals surface area contributed by atoms with Crippen LogP contribution in [-0.2, 0) is 15.8 Å². The van der Waals surface area contributed by atoms with Crippen molar-refractivity contribution in [2.24, 2.45) is 0 Å². The van der Waals surface area contributed by atoms with Crippen molar-refractivity contribution in [3.05, 3.63) is 29.8 Å². The Hall–Kier alpha value is -1.11. The monoisotopic (exact) mass is 286 g/mol. The highest BCUT2D eigenvalue weighted by atomic mass is 32.2. The Bertz CT molecular complexity index is 512. The van der Waals surface area contributed by atoms with Crippen LogP contribution >= 0.6 is 0 Å². The highest BCUT2D eigenvalue weighted by Crippen LogP contribution is 2.15. The molecule has 0 heterocycles. The van der Waals surface area contributed by atoms with Gasteiger partial charge in [0.05, 0.1) is 11.4 Å². The summed E-state index contributed by atoms with van der Waals surface area (Å²) in [6.07, 6.45) is 1.34. The maximum Gasteiger partial charge on any atom is 0.215 e. The molecule has 0 aliphatic rings. The number of nitrogens with two attached hydrogens (primary N) is 1. The second-order valence-corrected chi connectivity index (χ2v) is 6.83. The number of para-hydroxylation sites is 1. The number of rotatable bonds is 7. The van der Waals surface area contributed by atoms with E-state index in [1.54, 1.807) is 31.2 Å². The Morgan fingerprint density at radius 3 is 2.58 bits per heavy atom. The Labute approximate surface area is 114 Å². The summed E-state index contributed by atoms with van der Waals surface area (Å²) < 4.78 is 26.3. The van der Waals surface area contributed by atoms with Gasteiger partial charge in [-0.1, -0.05) is 31.5 Å². The molecule has 108 valence electrons. The third-order valence-electron chi connectivity index (χ3n) is 2.86. The average Bonchev–Trinajstić information content (AvgIpc) is 2.30. The van der Waals surface area contributed by atoms with E-state index in [1.807, 2.05) is 6.92 Å². The standard InChI is InChI=1S/C13H22N2O3S/c1-3-8-13(2,16)10-15-19(17,18)9-11-6-4-5-7-12(11)14/h4-7,15-16H,3,8-10,14H2,1-2H3. The van der Waals surface area contributed by atoms with Crippen LogP contribution in [0.2, 0.25) is 0 Å². The molecule has 0 aliphatic heterocycles. The first-order chi connectivity index (χ1) is 8.76. The van der Waals surface area contributed by atoms with Gasteiger partial charge in [0.15, 0.2) is 0 Å². The predicted octanol–water partition coefficient (Wildman–Crippen LogP) is 1.24. The Morgan fingerprint density at radius 2 is 2.00 bits per heavy atom. The van der Waals surface area contributed by atoms with Gasteiger partial charge in [-0.3, -0.25) is 0 Å². The third kappa shape index (κ3) is 5.59. The molecule has 4 N–H and O–H groups in total. The molecule has 0 radical (unpaired) electrons. The van der Waals surface area contributed by atoms with E-state index in [9.17, 15) is 13.5 Å². The van der Waals surface area contributed by atoms with E-state index in [0.29, 0.717) is 17.7 Å². The highest BCUT2D eigenvalue weighted by molar-refractivity contribution is 7.88. The van der Waals surface area contributed by atoms with Gasteiger partial charge < -0.3 is 10.8 Å². The molecule has 1 aromatic rings. The van der Waals surface area contributed by atoms with Crippen molar-refractivity contribution in [1.29, 1.82) is 0 Å². The zero-order valence-corrected chi connectivity index (χ0v) is 12.2. The molecule has 0 saturated carbocycles. The summed E-state index contributed by atoms with van der Waals surface area (Å²) in [5.41, 5.74) is 5.70. The smallest absolute Gasteiger partial charge is 0.215 e. The van der Waals surface area contributed by atoms with E-state index >= 15 is 0 Å². The fourth-order valence-electron chi connectivity index (χ4n) is 1.81. The number of hydrogen-bond donors (Lipinski definition) is 3. The van der Waals surface area contributed by atoms with Gasteiger partial charge in [-0.05, 0) is 25.0 Å². The van der Waals surface area contributed by atoms with E-state index < -0.39 is 15.6 Å². The molecule has 6 heteroatoms. The van der Waals surface area contributed by atoms with Gasteiger partial charge in [0.2, 0.25) is 10.0 Å². The van der Waals surface area contributed by atoms with Gasteiger partial charge in [-0.15, -0.1) is 0 Å². The zero-order valence-electron chi connectivity index (χ0n) is 11.4. The fraction of sp³-hybridized carbons (Fsp3) is 0.538. The summed E-state index contributed by atoms with van der Waals surface area (Å²) in [4.78, 5) is 0. The van der Waals surface area contributed by atoms with Gasteiger partial charge >= 0.3 is 0 Å². The highest BCUT2D eigenvalue weighted by Gasteiger charge is 2.22. The molecule has 0 saturated heterocycles. The minimum Gasteiger partial charge on any atom is -0.398 e. The summed E-state index contributed by atoms with van der Waals surface area (Å²) in [6.45, 7) is 3.57. The lowest BCUT2D eigenvalue weighted by Gasteiger charge is -2.22. The van der Waals surface area contributed by atoms with Gasteiger partial charge in [0.25, 0.3) is 0 Å². The van der Waals surface area contributed by atoms with Crippen LogP contribution in [0, 0.1) is 0 Å². The van der Waals surface area contributed by atoms with Crippen LogP contribution in [0.25, 0.3) is 0 Å². The van der Waals surface area contributed by atoms with Crippen LogP contribution < -0.4 is 10.5 Å². The van der Waals surface area contributed by atoms with Crippen LogP contribution in [0.4, 0.5) is 5.69 Å². The zero-order chi connectivity index (χ0) is 14.5. The van der Waals surface area contributed by atoms with E-state index in [-0.39, 0.29) is 12.3 Å². The van der Waals surface area contributed by atoms with Crippen molar-refractivity contribution in [1.82, 2.24) is 4.72 Å². The Morgan fingerprint density at radius 1 is 1.37 bits per heavy atom. The van der Waals surface area contributed by atoms with Crippen molar-refractivity contribution in [2.45, 2.75) is 38.0 Å². The first kappa shape index (κ1) is 15.9. The minimum absolute atomic E-state index is 0.00983. The first-order valence-electron chi connectivity index (χ1n) is 6.29. The molecule has 1 aromatic carbocycles. The molecule has 5 nitrogen and oxygen atoms in total. The van der Waals surface area contributed by atoms with Crippen LogP contribution in [0.5, 0.6) is 0 Å². The summed E-state index contributed by atoms with van der Waals surface area (Å²) >= 11 is 0. The number of hydrogen-bond acceptors (Lipinski definition) is 4. The fourth-order valence-corrected chi connectivity index (χ4v) is 3.12. The Kier molecular flexibility index (Phi) is 5.34. The molecule has 1 unspecified atom stereocenters. The van der Waals surface area contributed by atoms with Crippen LogP contribution in [-0.4, -0.2) is 25.7 Å². The van der Waals surface area contributed by atoms with E-state index in [1.165, 1.54) is 0 Å². The first-order valence-corrected chi connectivity index (χ1v) is 7.94. The van der Waals surface area contributed by atoms with Crippen molar-refractivity contribution in [2.75, 3.05) is 12.3 Å². The van der Waals surface area contributed by atoms with E-state index in [0.717, 1.165) is 6.42 Å². The normalized spacial score (nSPS) is 15.1. The van der Waals surface area contributed by atoms with Crippen molar-refractivity contribution < 1.29 is 13.5 Å². The van der Waals surface area contributed by atoms with Crippen molar-refractivity contribution >= 4 is 15.7 Å². The molecule has 0 aliphatic carbocycles. The maximum atomic E-state index is 11.9. The summed E-state index contributed by atoms with van der Waals surface area (Å²) in [5.74, 6) is -0.179. The number of sulfonamides is 1. The van der Waals surface area contributed by atoms with Crippen LogP contribution in [0.1, 0.15) is 32.3 Å². The van der Waals surface area contributed by atoms with Gasteiger partial charge in [0, 0.05) is 12.2 Å². The van der Waals surface area contributed by atoms with Crippen molar-refractivity contribution in [3.8, 4) is 0 Å². The molecular formula is C13H22N2O3S. The largest absolute Gasteiger partial charge is 0.398 e. The van der Waals surface area contributed by atoms with Crippen LogP contribution in [0.3, 0.4) is 0 Å². The second-order valence-electron chi connectivity index (χ2n) is 5.03. The number of nitrogens with one attached hydrogen (secondary N) is 1. The number of anilines is 1. The summed E-state index contributed by atoms with van der Waals surface area (Å²) in [6, 6.07) is 6.84. The SMILES string of the molecule is CCCC(C)(O)CNS(=O)(=O)Cc1ccccc1N. The van der Waals surface area contributed by atoms with Gasteiger partial charge in [0.1, 0.15) is 0 Å². The molecule has 0 spiro atoms. The Balaban J connectivity index is 2.65. The van der Waals surface area contributed by atoms with Gasteiger partial charge in [-0.2, -0.15) is 0 Å². The topological polar surface area (TPSA) is 92.4 Å². The molecular weight excluding hydrogens is 264 g/mol. The number of benzene rings is 1. The van der Waals surface area contributed by atoms with Gasteiger partial charge in [-0.25, -0.2) is 13.1 Å². The molecule has 19 heavy (non-hydrogen) atoms. The molecule has 0 amide bonds. The summed E-state index contributed by atoms with van der Waals surface area (Å²) in [7, 11) is -3.50. The molecule has 0 fully saturated rings. The quantitative estimate of drug-likeness (QED) is 0.657. The molecule has 0 aromatic heterocycles. The molecule has 1 rings (SSSR count). The van der Waals surface area contributed by atoms with Crippen molar-refractivity contribution in [3.63, 3.8) is 0 Å². The maximum absolute atomic E-state index is 11.9. The lowest BCUT2D eigenvalue weighted by Crippen LogP contribution is -2.40. The van der Waals surface area contributed by atoms with E-state index in [4.69, 9.17) is 5.73 Å².